The molecule has 0 aliphatic heterocycles. The first-order valence-corrected chi connectivity index (χ1v) is 9.22. The van der Waals surface area contributed by atoms with Crippen LogP contribution in [0.4, 0.5) is 0 Å². The van der Waals surface area contributed by atoms with Crippen LogP contribution in [-0.4, -0.2) is 29.9 Å². The molecule has 114 valence electrons. The summed E-state index contributed by atoms with van der Waals surface area (Å²) in [6, 6.07) is 4.69. The van der Waals surface area contributed by atoms with E-state index in [-0.39, 0.29) is 18.0 Å². The molecule has 0 aliphatic carbocycles. The number of rotatable bonds is 5. The molecule has 1 N–H and O–H groups in total. The fourth-order valence-corrected chi connectivity index (χ4v) is 4.64. The second-order valence-electron chi connectivity index (χ2n) is 4.54. The lowest BCUT2D eigenvalue weighted by atomic mass is 10.2. The first kappa shape index (κ1) is 16.6. The average Bonchev–Trinajstić information content (AvgIpc) is 2.83. The molecule has 1 heterocycles. The van der Waals surface area contributed by atoms with E-state index >= 15 is 0 Å². The predicted octanol–water partition coefficient (Wildman–Crippen LogP) is 2.53. The molecule has 0 saturated carbocycles. The van der Waals surface area contributed by atoms with E-state index in [0.29, 0.717) is 10.0 Å². The Kier molecular flexibility index (Phi) is 5.15. The van der Waals surface area contributed by atoms with Gasteiger partial charge in [0.25, 0.3) is 0 Å². The van der Waals surface area contributed by atoms with Gasteiger partial charge in [0.1, 0.15) is 0 Å². The van der Waals surface area contributed by atoms with Crippen molar-refractivity contribution in [1.29, 1.82) is 0 Å². The smallest absolute Gasteiger partial charge is 0.244 e. The molecule has 2 rings (SSSR count). The summed E-state index contributed by atoms with van der Waals surface area (Å²) in [6.45, 7) is 1.97. The van der Waals surface area contributed by atoms with Crippen LogP contribution in [0.15, 0.2) is 32.9 Å². The van der Waals surface area contributed by atoms with Crippen molar-refractivity contribution < 1.29 is 13.5 Å². The number of halogens is 1. The molecule has 0 bridgehead atoms. The van der Waals surface area contributed by atoms with E-state index < -0.39 is 10.0 Å². The van der Waals surface area contributed by atoms with Gasteiger partial charge in [-0.15, -0.1) is 11.3 Å². The molecule has 0 radical (unpaired) electrons. The molecular weight excluding hydrogens is 376 g/mol. The summed E-state index contributed by atoms with van der Waals surface area (Å²) in [6.07, 6.45) is 0. The number of hydrogen-bond acceptors (Lipinski definition) is 5. The van der Waals surface area contributed by atoms with Gasteiger partial charge < -0.3 is 5.11 Å². The number of thiazole rings is 1. The SMILES string of the molecule is Cc1nc(CN(C)S(=O)(=O)c2ccc(CO)cc2Br)cs1. The summed E-state index contributed by atoms with van der Waals surface area (Å²) >= 11 is 4.74. The second-order valence-corrected chi connectivity index (χ2v) is 8.47. The van der Waals surface area contributed by atoms with Crippen molar-refractivity contribution in [3.63, 3.8) is 0 Å². The van der Waals surface area contributed by atoms with Crippen LogP contribution in [0.5, 0.6) is 0 Å². The van der Waals surface area contributed by atoms with Crippen LogP contribution >= 0.6 is 27.3 Å². The Balaban J connectivity index is 2.28. The van der Waals surface area contributed by atoms with Gasteiger partial charge in [-0.1, -0.05) is 6.07 Å². The van der Waals surface area contributed by atoms with Crippen LogP contribution in [0.3, 0.4) is 0 Å². The number of nitrogens with zero attached hydrogens (tertiary/aromatic N) is 2. The van der Waals surface area contributed by atoms with Crippen LogP contribution in [0.1, 0.15) is 16.3 Å². The largest absolute Gasteiger partial charge is 0.392 e. The van der Waals surface area contributed by atoms with Crippen LogP contribution in [0.25, 0.3) is 0 Å². The van der Waals surface area contributed by atoms with Crippen LogP contribution in [0.2, 0.25) is 0 Å². The van der Waals surface area contributed by atoms with Crippen molar-refractivity contribution in [2.75, 3.05) is 7.05 Å². The van der Waals surface area contributed by atoms with E-state index in [1.165, 1.54) is 28.8 Å². The summed E-state index contributed by atoms with van der Waals surface area (Å²) in [7, 11) is -2.09. The Bertz CT molecular complexity index is 744. The second kappa shape index (κ2) is 6.53. The Morgan fingerprint density at radius 3 is 2.67 bits per heavy atom. The van der Waals surface area contributed by atoms with Crippen molar-refractivity contribution in [3.8, 4) is 0 Å². The first-order valence-electron chi connectivity index (χ1n) is 6.11. The summed E-state index contributed by atoms with van der Waals surface area (Å²) in [5, 5.41) is 11.8. The number of hydrogen-bond donors (Lipinski definition) is 1. The third kappa shape index (κ3) is 3.70. The topological polar surface area (TPSA) is 70.5 Å². The number of aliphatic hydroxyl groups excluding tert-OH is 1. The molecule has 21 heavy (non-hydrogen) atoms. The van der Waals surface area contributed by atoms with Crippen LogP contribution in [-0.2, 0) is 23.2 Å². The maximum Gasteiger partial charge on any atom is 0.244 e. The van der Waals surface area contributed by atoms with Gasteiger partial charge in [-0.05, 0) is 40.5 Å². The van der Waals surface area contributed by atoms with E-state index in [0.717, 1.165) is 10.7 Å². The number of aromatic nitrogens is 1. The normalized spacial score (nSPS) is 12.0. The lowest BCUT2D eigenvalue weighted by molar-refractivity contribution is 0.281. The number of aryl methyl sites for hydroxylation is 1. The lowest BCUT2D eigenvalue weighted by Crippen LogP contribution is -2.27. The Labute approximate surface area is 136 Å². The molecule has 0 amide bonds. The van der Waals surface area contributed by atoms with Gasteiger partial charge in [0.05, 0.1) is 28.7 Å². The molecule has 2 aromatic rings. The quantitative estimate of drug-likeness (QED) is 0.851. The molecule has 5 nitrogen and oxygen atoms in total. The summed E-state index contributed by atoms with van der Waals surface area (Å²) in [5.74, 6) is 0. The molecule has 0 unspecified atom stereocenters. The molecule has 0 fully saturated rings. The minimum Gasteiger partial charge on any atom is -0.392 e. The predicted molar refractivity (Wildman–Crippen MR) is 85.6 cm³/mol. The minimum atomic E-state index is -3.61. The number of benzene rings is 1. The molecular formula is C13H15BrN2O3S2. The van der Waals surface area contributed by atoms with Gasteiger partial charge in [-0.25, -0.2) is 13.4 Å². The zero-order chi connectivity index (χ0) is 15.6. The molecule has 1 aromatic carbocycles. The van der Waals surface area contributed by atoms with Crippen molar-refractivity contribution in [2.24, 2.45) is 0 Å². The Morgan fingerprint density at radius 1 is 1.43 bits per heavy atom. The first-order chi connectivity index (χ1) is 9.84. The highest BCUT2D eigenvalue weighted by Gasteiger charge is 2.24. The molecule has 0 spiro atoms. The maximum atomic E-state index is 12.6. The fraction of sp³-hybridized carbons (Fsp3) is 0.308. The molecule has 0 aliphatic rings. The lowest BCUT2D eigenvalue weighted by Gasteiger charge is -2.17. The standard InChI is InChI=1S/C13H15BrN2O3S2/c1-9-15-11(8-20-9)6-16(2)21(18,19)13-4-3-10(7-17)5-12(13)14/h3-5,8,17H,6-7H2,1-2H3. The van der Waals surface area contributed by atoms with Gasteiger partial charge in [-0.3, -0.25) is 0 Å². The highest BCUT2D eigenvalue weighted by Crippen LogP contribution is 2.26. The van der Waals surface area contributed by atoms with E-state index in [1.807, 2.05) is 12.3 Å². The van der Waals surface area contributed by atoms with Gasteiger partial charge >= 0.3 is 0 Å². The zero-order valence-corrected chi connectivity index (χ0v) is 14.8. The van der Waals surface area contributed by atoms with Gasteiger partial charge in [0.15, 0.2) is 0 Å². The van der Waals surface area contributed by atoms with Gasteiger partial charge in [0.2, 0.25) is 10.0 Å². The van der Waals surface area contributed by atoms with Crippen LogP contribution in [0, 0.1) is 6.92 Å². The van der Waals surface area contributed by atoms with E-state index in [4.69, 9.17) is 5.11 Å². The van der Waals surface area contributed by atoms with Crippen molar-refractivity contribution in [2.45, 2.75) is 25.0 Å². The monoisotopic (exact) mass is 390 g/mol. The van der Waals surface area contributed by atoms with E-state index in [1.54, 1.807) is 12.1 Å². The van der Waals surface area contributed by atoms with Crippen molar-refractivity contribution in [1.82, 2.24) is 9.29 Å². The van der Waals surface area contributed by atoms with Crippen LogP contribution < -0.4 is 0 Å². The van der Waals surface area contributed by atoms with Crippen molar-refractivity contribution >= 4 is 37.3 Å². The number of aliphatic hydroxyl groups is 1. The third-order valence-corrected chi connectivity index (χ3v) is 6.52. The highest BCUT2D eigenvalue weighted by atomic mass is 79.9. The molecule has 0 atom stereocenters. The zero-order valence-electron chi connectivity index (χ0n) is 11.6. The Hall–Kier alpha value is -0.800. The Morgan fingerprint density at radius 2 is 2.14 bits per heavy atom. The number of sulfonamides is 1. The average molecular weight is 391 g/mol. The molecule has 1 aromatic heterocycles. The summed E-state index contributed by atoms with van der Waals surface area (Å²) in [4.78, 5) is 4.45. The summed E-state index contributed by atoms with van der Waals surface area (Å²) in [5.41, 5.74) is 1.38. The maximum absolute atomic E-state index is 12.6. The molecule has 0 saturated heterocycles. The van der Waals surface area contributed by atoms with E-state index in [2.05, 4.69) is 20.9 Å². The fourth-order valence-electron chi connectivity index (χ4n) is 1.81. The van der Waals surface area contributed by atoms with Gasteiger partial charge in [-0.2, -0.15) is 4.31 Å². The minimum absolute atomic E-state index is 0.132. The third-order valence-electron chi connectivity index (χ3n) is 2.92. The highest BCUT2D eigenvalue weighted by molar-refractivity contribution is 9.10. The molecule has 8 heteroatoms. The van der Waals surface area contributed by atoms with E-state index in [9.17, 15) is 8.42 Å². The van der Waals surface area contributed by atoms with Crippen molar-refractivity contribution in [3.05, 3.63) is 44.3 Å². The van der Waals surface area contributed by atoms with Gasteiger partial charge in [0, 0.05) is 16.9 Å². The summed E-state index contributed by atoms with van der Waals surface area (Å²) < 4.78 is 26.8.